The first kappa shape index (κ1) is 17.8. The van der Waals surface area contributed by atoms with Crippen LogP contribution >= 0.6 is 0 Å². The standard InChI is InChI=1S/C19H26N2O4/c1-23-19-7-3-2-6-18(19)21-10-8-20(9-11-21)13-16(22)14-24-15-17-5-4-12-25-17/h2-7,12,16,22H,8-11,13-15H2,1H3. The molecule has 1 saturated heterocycles. The fraction of sp³-hybridized carbons (Fsp3) is 0.474. The van der Waals surface area contributed by atoms with Gasteiger partial charge in [-0.1, -0.05) is 12.1 Å². The van der Waals surface area contributed by atoms with Gasteiger partial charge in [-0.15, -0.1) is 0 Å². The summed E-state index contributed by atoms with van der Waals surface area (Å²) in [5.41, 5.74) is 1.13. The minimum absolute atomic E-state index is 0.313. The first-order chi connectivity index (χ1) is 12.3. The van der Waals surface area contributed by atoms with Crippen LogP contribution in [0.2, 0.25) is 0 Å². The maximum Gasteiger partial charge on any atom is 0.142 e. The molecule has 2 aromatic rings. The summed E-state index contributed by atoms with van der Waals surface area (Å²) in [6.07, 6.45) is 1.13. The number of hydrogen-bond donors (Lipinski definition) is 1. The Hall–Kier alpha value is -2.02. The van der Waals surface area contributed by atoms with E-state index in [9.17, 15) is 5.11 Å². The molecule has 1 aromatic carbocycles. The molecule has 1 aliphatic heterocycles. The van der Waals surface area contributed by atoms with Crippen LogP contribution in [0, 0.1) is 0 Å². The van der Waals surface area contributed by atoms with Crippen molar-refractivity contribution in [3.8, 4) is 5.75 Å². The number of aliphatic hydroxyl groups is 1. The number of methoxy groups -OCH3 is 1. The fourth-order valence-electron chi connectivity index (χ4n) is 3.10. The van der Waals surface area contributed by atoms with Crippen LogP contribution in [-0.2, 0) is 11.3 Å². The van der Waals surface area contributed by atoms with Crippen LogP contribution in [0.15, 0.2) is 47.1 Å². The first-order valence-corrected chi connectivity index (χ1v) is 8.65. The summed E-state index contributed by atoms with van der Waals surface area (Å²) < 4.78 is 16.2. The summed E-state index contributed by atoms with van der Waals surface area (Å²) in [6.45, 7) is 4.98. The van der Waals surface area contributed by atoms with Gasteiger partial charge in [-0.2, -0.15) is 0 Å². The van der Waals surface area contributed by atoms with Crippen molar-refractivity contribution in [1.29, 1.82) is 0 Å². The van der Waals surface area contributed by atoms with Crippen LogP contribution in [0.3, 0.4) is 0 Å². The van der Waals surface area contributed by atoms with Gasteiger partial charge in [-0.25, -0.2) is 0 Å². The average molecular weight is 346 g/mol. The quantitative estimate of drug-likeness (QED) is 0.789. The van der Waals surface area contributed by atoms with Crippen LogP contribution in [-0.4, -0.2) is 62.6 Å². The molecule has 3 rings (SSSR count). The molecule has 1 fully saturated rings. The molecule has 0 amide bonds. The van der Waals surface area contributed by atoms with E-state index in [0.29, 0.717) is 19.8 Å². The van der Waals surface area contributed by atoms with Gasteiger partial charge in [-0.3, -0.25) is 4.90 Å². The predicted octanol–water partition coefficient (Wildman–Crippen LogP) is 1.99. The first-order valence-electron chi connectivity index (χ1n) is 8.65. The van der Waals surface area contributed by atoms with E-state index >= 15 is 0 Å². The molecule has 1 unspecified atom stereocenters. The van der Waals surface area contributed by atoms with Gasteiger partial charge in [0.1, 0.15) is 18.1 Å². The second-order valence-electron chi connectivity index (χ2n) is 6.21. The van der Waals surface area contributed by atoms with Crippen molar-refractivity contribution in [1.82, 2.24) is 4.90 Å². The Morgan fingerprint density at radius 3 is 2.64 bits per heavy atom. The van der Waals surface area contributed by atoms with E-state index < -0.39 is 6.10 Å². The summed E-state index contributed by atoms with van der Waals surface area (Å²) >= 11 is 0. The Labute approximate surface area is 148 Å². The lowest BCUT2D eigenvalue weighted by molar-refractivity contribution is 0.00441. The number of rotatable bonds is 8. The van der Waals surface area contributed by atoms with Gasteiger partial charge in [0.05, 0.1) is 31.8 Å². The van der Waals surface area contributed by atoms with Crippen molar-refractivity contribution < 1.29 is 19.0 Å². The van der Waals surface area contributed by atoms with Gasteiger partial charge >= 0.3 is 0 Å². The van der Waals surface area contributed by atoms with Crippen molar-refractivity contribution in [2.24, 2.45) is 0 Å². The lowest BCUT2D eigenvalue weighted by Gasteiger charge is -2.37. The largest absolute Gasteiger partial charge is 0.495 e. The Morgan fingerprint density at radius 2 is 1.92 bits per heavy atom. The molecule has 0 bridgehead atoms. The highest BCUT2D eigenvalue weighted by atomic mass is 16.5. The molecule has 0 aliphatic carbocycles. The van der Waals surface area contributed by atoms with E-state index in [4.69, 9.17) is 13.9 Å². The zero-order chi connectivity index (χ0) is 17.5. The monoisotopic (exact) mass is 346 g/mol. The van der Waals surface area contributed by atoms with Crippen molar-refractivity contribution in [3.05, 3.63) is 48.4 Å². The summed E-state index contributed by atoms with van der Waals surface area (Å²) in [5, 5.41) is 10.2. The van der Waals surface area contributed by atoms with Crippen LogP contribution in [0.1, 0.15) is 5.76 Å². The van der Waals surface area contributed by atoms with Gasteiger partial charge in [0.15, 0.2) is 0 Å². The van der Waals surface area contributed by atoms with Crippen molar-refractivity contribution in [2.45, 2.75) is 12.7 Å². The minimum atomic E-state index is -0.493. The summed E-state index contributed by atoms with van der Waals surface area (Å²) in [7, 11) is 1.70. The molecular formula is C19H26N2O4. The summed E-state index contributed by atoms with van der Waals surface area (Å²) in [6, 6.07) is 11.8. The Morgan fingerprint density at radius 1 is 1.12 bits per heavy atom. The van der Waals surface area contributed by atoms with E-state index in [1.54, 1.807) is 13.4 Å². The molecule has 0 saturated carbocycles. The molecule has 136 valence electrons. The van der Waals surface area contributed by atoms with Crippen LogP contribution in [0.4, 0.5) is 5.69 Å². The summed E-state index contributed by atoms with van der Waals surface area (Å²) in [5.74, 6) is 1.68. The van der Waals surface area contributed by atoms with E-state index in [1.807, 2.05) is 30.3 Å². The average Bonchev–Trinajstić information content (AvgIpc) is 3.16. The minimum Gasteiger partial charge on any atom is -0.495 e. The van der Waals surface area contributed by atoms with E-state index in [1.165, 1.54) is 0 Å². The number of β-amino-alcohol motifs (C(OH)–C–C–N with tert-alkyl or cyclic N) is 1. The third-order valence-corrected chi connectivity index (χ3v) is 4.40. The molecule has 1 aromatic heterocycles. The number of benzene rings is 1. The van der Waals surface area contributed by atoms with Gasteiger partial charge < -0.3 is 23.9 Å². The van der Waals surface area contributed by atoms with E-state index in [2.05, 4.69) is 15.9 Å². The molecule has 2 heterocycles. The second-order valence-corrected chi connectivity index (χ2v) is 6.21. The lowest BCUT2D eigenvalue weighted by Crippen LogP contribution is -2.49. The smallest absolute Gasteiger partial charge is 0.142 e. The highest BCUT2D eigenvalue weighted by Gasteiger charge is 2.21. The Bertz CT molecular complexity index is 624. The van der Waals surface area contributed by atoms with Gasteiger partial charge in [0.25, 0.3) is 0 Å². The lowest BCUT2D eigenvalue weighted by atomic mass is 10.2. The van der Waals surface area contributed by atoms with Crippen molar-refractivity contribution in [2.75, 3.05) is 51.3 Å². The van der Waals surface area contributed by atoms with E-state index in [-0.39, 0.29) is 0 Å². The van der Waals surface area contributed by atoms with Crippen molar-refractivity contribution >= 4 is 5.69 Å². The Kier molecular flexibility index (Phi) is 6.33. The van der Waals surface area contributed by atoms with Crippen LogP contribution < -0.4 is 9.64 Å². The third-order valence-electron chi connectivity index (χ3n) is 4.40. The summed E-state index contributed by atoms with van der Waals surface area (Å²) in [4.78, 5) is 4.60. The van der Waals surface area contributed by atoms with Gasteiger partial charge in [0.2, 0.25) is 0 Å². The molecule has 6 heteroatoms. The number of aliphatic hydroxyl groups excluding tert-OH is 1. The zero-order valence-electron chi connectivity index (χ0n) is 14.6. The predicted molar refractivity (Wildman–Crippen MR) is 96.0 cm³/mol. The highest BCUT2D eigenvalue weighted by Crippen LogP contribution is 2.28. The topological polar surface area (TPSA) is 58.3 Å². The van der Waals surface area contributed by atoms with E-state index in [0.717, 1.165) is 43.4 Å². The Balaban J connectivity index is 1.40. The SMILES string of the molecule is COc1ccccc1N1CCN(CC(O)COCc2ccco2)CC1. The van der Waals surface area contributed by atoms with Crippen LogP contribution in [0.25, 0.3) is 0 Å². The number of anilines is 1. The molecule has 0 radical (unpaired) electrons. The molecule has 1 aliphatic rings. The number of hydrogen-bond acceptors (Lipinski definition) is 6. The van der Waals surface area contributed by atoms with Crippen molar-refractivity contribution in [3.63, 3.8) is 0 Å². The molecular weight excluding hydrogens is 320 g/mol. The molecule has 0 spiro atoms. The maximum absolute atomic E-state index is 10.2. The molecule has 1 N–H and O–H groups in total. The molecule has 1 atom stereocenters. The molecule has 6 nitrogen and oxygen atoms in total. The molecule has 25 heavy (non-hydrogen) atoms. The maximum atomic E-state index is 10.2. The number of piperazine rings is 1. The highest BCUT2D eigenvalue weighted by molar-refractivity contribution is 5.58. The number of para-hydroxylation sites is 2. The fourth-order valence-corrected chi connectivity index (χ4v) is 3.10. The van der Waals surface area contributed by atoms with Gasteiger partial charge in [0, 0.05) is 32.7 Å². The van der Waals surface area contributed by atoms with Crippen LogP contribution in [0.5, 0.6) is 5.75 Å². The number of furan rings is 1. The third kappa shape index (κ3) is 4.98. The number of nitrogens with zero attached hydrogens (tertiary/aromatic N) is 2. The zero-order valence-corrected chi connectivity index (χ0v) is 14.6. The normalized spacial score (nSPS) is 16.8. The second kappa shape index (κ2) is 8.89. The van der Waals surface area contributed by atoms with Gasteiger partial charge in [-0.05, 0) is 24.3 Å². The number of ether oxygens (including phenoxy) is 2.